The third-order valence-corrected chi connectivity index (χ3v) is 2.98. The van der Waals surface area contributed by atoms with E-state index in [1.54, 1.807) is 0 Å². The summed E-state index contributed by atoms with van der Waals surface area (Å²) in [6.07, 6.45) is 2.00. The van der Waals surface area contributed by atoms with Crippen LogP contribution in [0.25, 0.3) is 9.78 Å². The maximum absolute atomic E-state index is 3.18. The van der Waals surface area contributed by atoms with Gasteiger partial charge >= 0.3 is 52.5 Å². The fourth-order valence-electron chi connectivity index (χ4n) is 0.775. The molecule has 0 bridgehead atoms. The van der Waals surface area contributed by atoms with Crippen LogP contribution in [0.1, 0.15) is 0 Å². The molecule has 0 amide bonds. The van der Waals surface area contributed by atoms with Crippen molar-refractivity contribution < 1.29 is 0 Å². The van der Waals surface area contributed by atoms with Crippen molar-refractivity contribution in [3.63, 3.8) is 0 Å². The van der Waals surface area contributed by atoms with E-state index in [-0.39, 0.29) is 0 Å². The van der Waals surface area contributed by atoms with Crippen LogP contribution in [0, 0.1) is 0 Å². The van der Waals surface area contributed by atoms with Gasteiger partial charge in [0, 0.05) is 0 Å². The first-order chi connectivity index (χ1) is 3.97. The molecular weight excluding hydrogens is 165 g/mol. The van der Waals surface area contributed by atoms with Crippen molar-refractivity contribution in [3.05, 3.63) is 23.3 Å². The van der Waals surface area contributed by atoms with Crippen molar-refractivity contribution in [2.75, 3.05) is 0 Å². The molecule has 0 unspecified atom stereocenters. The van der Waals surface area contributed by atoms with Gasteiger partial charge in [-0.1, -0.05) is 0 Å². The van der Waals surface area contributed by atoms with Gasteiger partial charge in [0.05, 0.1) is 0 Å². The average molecular weight is 170 g/mol. The third-order valence-electron chi connectivity index (χ3n) is 1.17. The van der Waals surface area contributed by atoms with E-state index in [4.69, 9.17) is 0 Å². The Labute approximate surface area is 53.1 Å². The van der Waals surface area contributed by atoms with Gasteiger partial charge in [-0.25, -0.2) is 0 Å². The minimum absolute atomic E-state index is 0.596. The number of fused-ring (bicyclic) bond motifs is 1. The molecule has 2 heterocycles. The normalized spacial score (nSPS) is 10.5. The van der Waals surface area contributed by atoms with Crippen LogP contribution in [0.2, 0.25) is 0 Å². The summed E-state index contributed by atoms with van der Waals surface area (Å²) in [5.74, 6) is 0. The molecule has 1 nitrogen and oxygen atoms in total. The van der Waals surface area contributed by atoms with E-state index in [0.717, 1.165) is 0 Å². The molecule has 0 aliphatic carbocycles. The van der Waals surface area contributed by atoms with Gasteiger partial charge in [-0.3, -0.25) is 0 Å². The van der Waals surface area contributed by atoms with E-state index in [2.05, 4.69) is 22.1 Å². The van der Waals surface area contributed by atoms with Crippen LogP contribution >= 0.6 is 0 Å². The number of rotatable bonds is 0. The van der Waals surface area contributed by atoms with Crippen LogP contribution in [0.15, 0.2) is 23.3 Å². The Hall–Kier alpha value is -0.461. The second-order valence-corrected chi connectivity index (χ2v) is 3.60. The van der Waals surface area contributed by atoms with Gasteiger partial charge in [-0.15, -0.1) is 0 Å². The zero-order chi connectivity index (χ0) is 5.40. The number of H-pyrrole nitrogens is 1. The van der Waals surface area contributed by atoms with Crippen molar-refractivity contribution in [2.24, 2.45) is 0 Å². The molecule has 2 aromatic heterocycles. The maximum atomic E-state index is 3.18. The second kappa shape index (κ2) is 1.51. The Balaban J connectivity index is 3.06. The fraction of sp³-hybridized carbons (Fsp3) is 0. The van der Waals surface area contributed by atoms with Crippen molar-refractivity contribution in [1.82, 2.24) is 4.98 Å². The summed E-state index contributed by atoms with van der Waals surface area (Å²) in [6.45, 7) is 0. The van der Waals surface area contributed by atoms with E-state index < -0.39 is 0 Å². The first-order valence-corrected chi connectivity index (χ1v) is 4.32. The summed E-state index contributed by atoms with van der Waals surface area (Å²) < 4.78 is 1.41. The Kier molecular flexibility index (Phi) is 0.833. The molecule has 2 rings (SSSR count). The molecule has 2 aromatic rings. The topological polar surface area (TPSA) is 15.8 Å². The molecule has 0 saturated heterocycles. The number of hydrogen-bond acceptors (Lipinski definition) is 0. The van der Waals surface area contributed by atoms with Gasteiger partial charge in [0.2, 0.25) is 0 Å². The van der Waals surface area contributed by atoms with Gasteiger partial charge in [0.1, 0.15) is 0 Å². The van der Waals surface area contributed by atoms with Crippen molar-refractivity contribution in [3.8, 4) is 0 Å². The van der Waals surface area contributed by atoms with Gasteiger partial charge in [-0.05, 0) is 0 Å². The summed E-state index contributed by atoms with van der Waals surface area (Å²) >= 11 is 0.596. The first-order valence-electron chi connectivity index (χ1n) is 2.47. The van der Waals surface area contributed by atoms with Crippen LogP contribution in [-0.2, 0) is 0 Å². The van der Waals surface area contributed by atoms with E-state index in [9.17, 15) is 0 Å². The van der Waals surface area contributed by atoms with Crippen molar-refractivity contribution in [1.29, 1.82) is 0 Å². The van der Waals surface area contributed by atoms with Gasteiger partial charge in [0.25, 0.3) is 0 Å². The monoisotopic (exact) mass is 171 g/mol. The van der Waals surface area contributed by atoms with Crippen LogP contribution in [0.3, 0.4) is 0 Å². The van der Waals surface area contributed by atoms with Crippen LogP contribution in [0.5, 0.6) is 0 Å². The summed E-state index contributed by atoms with van der Waals surface area (Å²) in [5.41, 5.74) is 0. The van der Waals surface area contributed by atoms with E-state index in [0.29, 0.717) is 14.5 Å². The summed E-state index contributed by atoms with van der Waals surface area (Å²) in [6, 6.07) is 4.28. The Bertz CT molecular complexity index is 230. The number of aromatic amines is 1. The SMILES string of the molecule is c1cc2cc[se]c2[nH]1. The summed E-state index contributed by atoms with van der Waals surface area (Å²) in [7, 11) is 0. The van der Waals surface area contributed by atoms with Gasteiger partial charge < -0.3 is 0 Å². The molecule has 0 saturated carbocycles. The van der Waals surface area contributed by atoms with Gasteiger partial charge in [0.15, 0.2) is 0 Å². The molecule has 2 heteroatoms. The molecule has 0 spiro atoms. The molecule has 0 aliphatic heterocycles. The predicted molar refractivity (Wildman–Crippen MR) is 35.2 cm³/mol. The first kappa shape index (κ1) is 4.42. The quantitative estimate of drug-likeness (QED) is 0.572. The van der Waals surface area contributed by atoms with Crippen LogP contribution < -0.4 is 0 Å². The Morgan fingerprint density at radius 1 is 1.38 bits per heavy atom. The third kappa shape index (κ3) is 0.473. The van der Waals surface area contributed by atoms with Crippen LogP contribution in [0.4, 0.5) is 0 Å². The summed E-state index contributed by atoms with van der Waals surface area (Å²) in [4.78, 5) is 5.41. The van der Waals surface area contributed by atoms with Crippen molar-refractivity contribution >= 4 is 24.3 Å². The zero-order valence-electron chi connectivity index (χ0n) is 4.22. The molecule has 8 heavy (non-hydrogen) atoms. The minimum atomic E-state index is 0.596. The van der Waals surface area contributed by atoms with E-state index in [1.807, 2.05) is 6.20 Å². The number of aromatic nitrogens is 1. The van der Waals surface area contributed by atoms with E-state index in [1.165, 1.54) is 9.78 Å². The second-order valence-electron chi connectivity index (χ2n) is 1.68. The number of nitrogens with one attached hydrogen (secondary N) is 1. The Morgan fingerprint density at radius 2 is 2.38 bits per heavy atom. The molecule has 0 radical (unpaired) electrons. The molecule has 40 valence electrons. The standard InChI is InChI=1S/C6H5NSe/c1-3-7-6-5(1)2-4-8-6/h1-4,7H. The van der Waals surface area contributed by atoms with Crippen LogP contribution in [-0.4, -0.2) is 19.5 Å². The molecular formula is C6H5NSe. The fourth-order valence-corrected chi connectivity index (χ4v) is 2.37. The molecule has 0 atom stereocenters. The molecule has 0 fully saturated rings. The number of hydrogen-bond donors (Lipinski definition) is 1. The van der Waals surface area contributed by atoms with Crippen molar-refractivity contribution in [2.45, 2.75) is 0 Å². The molecule has 0 aliphatic rings. The zero-order valence-corrected chi connectivity index (χ0v) is 5.93. The Morgan fingerprint density at radius 3 is 3.25 bits per heavy atom. The molecule has 1 N–H and O–H groups in total. The summed E-state index contributed by atoms with van der Waals surface area (Å²) in [5, 5.41) is 1.38. The average Bonchev–Trinajstić information content (AvgIpc) is 2.15. The van der Waals surface area contributed by atoms with Gasteiger partial charge in [-0.2, -0.15) is 0 Å². The molecule has 0 aromatic carbocycles. The predicted octanol–water partition coefficient (Wildman–Crippen LogP) is 1.22. The van der Waals surface area contributed by atoms with E-state index >= 15 is 0 Å².